The summed E-state index contributed by atoms with van der Waals surface area (Å²) in [4.78, 5) is 17.6. The van der Waals surface area contributed by atoms with Crippen LogP contribution in [0.2, 0.25) is 0 Å². The maximum Gasteiger partial charge on any atom is 0.223 e. The highest BCUT2D eigenvalue weighted by Gasteiger charge is 2.18. The molecule has 0 spiro atoms. The average molecular weight is 410 g/mol. The van der Waals surface area contributed by atoms with E-state index in [4.69, 9.17) is 0 Å². The Morgan fingerprint density at radius 3 is 2.38 bits per heavy atom. The standard InChI is InChI=1S/C15H30N4O.HI/c1-5-16-15(17-11-10-14(20)19(3)4)18-13-8-6-12(2)7-9-13;/h12-13H,5-11H2,1-4H3,(H2,16,17,18);1H. The predicted octanol–water partition coefficient (Wildman–Crippen LogP) is 2.22. The van der Waals surface area contributed by atoms with Crippen molar-refractivity contribution in [3.05, 3.63) is 0 Å². The van der Waals surface area contributed by atoms with Gasteiger partial charge in [0.25, 0.3) is 0 Å². The summed E-state index contributed by atoms with van der Waals surface area (Å²) in [7, 11) is 3.55. The molecule has 1 aliphatic rings. The molecule has 0 aromatic carbocycles. The van der Waals surface area contributed by atoms with Gasteiger partial charge in [-0.25, -0.2) is 0 Å². The van der Waals surface area contributed by atoms with Crippen molar-refractivity contribution >= 4 is 35.8 Å². The van der Waals surface area contributed by atoms with E-state index in [0.717, 1.165) is 18.4 Å². The molecule has 1 fully saturated rings. The lowest BCUT2D eigenvalue weighted by atomic mass is 9.87. The van der Waals surface area contributed by atoms with E-state index < -0.39 is 0 Å². The summed E-state index contributed by atoms with van der Waals surface area (Å²) >= 11 is 0. The van der Waals surface area contributed by atoms with Gasteiger partial charge in [0.2, 0.25) is 5.91 Å². The third-order valence-electron chi connectivity index (χ3n) is 3.80. The van der Waals surface area contributed by atoms with Crippen molar-refractivity contribution in [1.29, 1.82) is 0 Å². The summed E-state index contributed by atoms with van der Waals surface area (Å²) < 4.78 is 0. The first-order chi connectivity index (χ1) is 9.52. The molecule has 1 amide bonds. The van der Waals surface area contributed by atoms with E-state index in [1.165, 1.54) is 25.7 Å². The Balaban J connectivity index is 0.00000400. The molecular formula is C15H31IN4O. The summed E-state index contributed by atoms with van der Waals surface area (Å²) in [5.41, 5.74) is 0. The molecule has 2 N–H and O–H groups in total. The summed E-state index contributed by atoms with van der Waals surface area (Å²) in [5, 5.41) is 6.75. The number of aliphatic imine (C=N–C) groups is 1. The molecule has 0 radical (unpaired) electrons. The Kier molecular flexibility index (Phi) is 10.8. The maximum absolute atomic E-state index is 11.5. The molecule has 0 bridgehead atoms. The average Bonchev–Trinajstić information content (AvgIpc) is 2.41. The largest absolute Gasteiger partial charge is 0.357 e. The summed E-state index contributed by atoms with van der Waals surface area (Å²) in [5.74, 6) is 1.82. The van der Waals surface area contributed by atoms with Crippen LogP contribution in [-0.2, 0) is 4.79 Å². The minimum Gasteiger partial charge on any atom is -0.357 e. The molecule has 5 nitrogen and oxygen atoms in total. The predicted molar refractivity (Wildman–Crippen MR) is 99.3 cm³/mol. The van der Waals surface area contributed by atoms with E-state index in [1.54, 1.807) is 19.0 Å². The number of guanidine groups is 1. The molecule has 0 saturated heterocycles. The molecule has 0 aromatic rings. The topological polar surface area (TPSA) is 56.7 Å². The number of nitrogens with one attached hydrogen (secondary N) is 2. The van der Waals surface area contributed by atoms with E-state index >= 15 is 0 Å². The molecule has 1 aliphatic carbocycles. The van der Waals surface area contributed by atoms with Crippen LogP contribution < -0.4 is 10.6 Å². The van der Waals surface area contributed by atoms with Crippen LogP contribution in [-0.4, -0.2) is 50.0 Å². The second kappa shape index (κ2) is 11.1. The van der Waals surface area contributed by atoms with Gasteiger partial charge in [0.05, 0.1) is 6.54 Å². The van der Waals surface area contributed by atoms with Crippen LogP contribution in [0.1, 0.15) is 46.0 Å². The second-order valence-corrected chi connectivity index (χ2v) is 5.90. The van der Waals surface area contributed by atoms with Crippen molar-refractivity contribution in [2.24, 2.45) is 10.9 Å². The molecule has 0 aromatic heterocycles. The van der Waals surface area contributed by atoms with Crippen molar-refractivity contribution in [2.45, 2.75) is 52.0 Å². The van der Waals surface area contributed by atoms with E-state index in [-0.39, 0.29) is 29.9 Å². The third kappa shape index (κ3) is 8.48. The van der Waals surface area contributed by atoms with E-state index in [1.807, 2.05) is 0 Å². The summed E-state index contributed by atoms with van der Waals surface area (Å²) in [6.45, 7) is 5.76. The fourth-order valence-electron chi connectivity index (χ4n) is 2.40. The van der Waals surface area contributed by atoms with Gasteiger partial charge in [0.1, 0.15) is 0 Å². The molecule has 0 atom stereocenters. The minimum absolute atomic E-state index is 0. The molecule has 0 unspecified atom stereocenters. The SMILES string of the molecule is CCNC(=NCCC(=O)N(C)C)NC1CCC(C)CC1.I. The molecule has 6 heteroatoms. The number of nitrogens with zero attached hydrogens (tertiary/aromatic N) is 2. The quantitative estimate of drug-likeness (QED) is 0.415. The summed E-state index contributed by atoms with van der Waals surface area (Å²) in [6, 6.07) is 0.522. The van der Waals surface area contributed by atoms with Crippen molar-refractivity contribution < 1.29 is 4.79 Å². The smallest absolute Gasteiger partial charge is 0.223 e. The van der Waals surface area contributed by atoms with Crippen molar-refractivity contribution in [3.63, 3.8) is 0 Å². The number of rotatable bonds is 5. The Labute approximate surface area is 146 Å². The zero-order valence-electron chi connectivity index (χ0n) is 13.8. The van der Waals surface area contributed by atoms with Crippen molar-refractivity contribution in [1.82, 2.24) is 15.5 Å². The van der Waals surface area contributed by atoms with E-state index in [9.17, 15) is 4.79 Å². The van der Waals surface area contributed by atoms with Crippen LogP contribution in [0, 0.1) is 5.92 Å². The van der Waals surface area contributed by atoms with Gasteiger partial charge in [0.15, 0.2) is 5.96 Å². The number of hydrogen-bond acceptors (Lipinski definition) is 2. The molecule has 21 heavy (non-hydrogen) atoms. The van der Waals surface area contributed by atoms with E-state index in [2.05, 4.69) is 29.5 Å². The number of halogens is 1. The number of carbonyl (C=O) groups excluding carboxylic acids is 1. The lowest BCUT2D eigenvalue weighted by Gasteiger charge is -2.28. The lowest BCUT2D eigenvalue weighted by Crippen LogP contribution is -2.44. The zero-order valence-corrected chi connectivity index (χ0v) is 16.1. The molecular weight excluding hydrogens is 379 g/mol. The molecule has 0 heterocycles. The highest BCUT2D eigenvalue weighted by molar-refractivity contribution is 14.0. The van der Waals surface area contributed by atoms with Crippen LogP contribution >= 0.6 is 24.0 Å². The number of amides is 1. The monoisotopic (exact) mass is 410 g/mol. The van der Waals surface area contributed by atoms with Crippen LogP contribution in [0.5, 0.6) is 0 Å². The second-order valence-electron chi connectivity index (χ2n) is 5.90. The van der Waals surface area contributed by atoms with Crippen LogP contribution in [0.4, 0.5) is 0 Å². The van der Waals surface area contributed by atoms with Crippen molar-refractivity contribution in [3.8, 4) is 0 Å². The van der Waals surface area contributed by atoms with Gasteiger partial charge >= 0.3 is 0 Å². The minimum atomic E-state index is 0. The van der Waals surface area contributed by atoms with Crippen LogP contribution in [0.3, 0.4) is 0 Å². The molecule has 1 saturated carbocycles. The number of carbonyl (C=O) groups is 1. The van der Waals surface area contributed by atoms with Gasteiger partial charge < -0.3 is 15.5 Å². The molecule has 124 valence electrons. The maximum atomic E-state index is 11.5. The zero-order chi connectivity index (χ0) is 15.0. The van der Waals surface area contributed by atoms with Gasteiger partial charge in [-0.05, 0) is 38.5 Å². The molecule has 1 rings (SSSR count). The lowest BCUT2D eigenvalue weighted by molar-refractivity contribution is -0.128. The molecule has 0 aliphatic heterocycles. The Bertz CT molecular complexity index is 326. The Hall–Kier alpha value is -0.530. The number of hydrogen-bond donors (Lipinski definition) is 2. The normalized spacial score (nSPS) is 22.2. The fraction of sp³-hybridized carbons (Fsp3) is 0.867. The first kappa shape index (κ1) is 20.5. The van der Waals surface area contributed by atoms with Crippen molar-refractivity contribution in [2.75, 3.05) is 27.2 Å². The Morgan fingerprint density at radius 2 is 1.86 bits per heavy atom. The fourth-order valence-corrected chi connectivity index (χ4v) is 2.40. The van der Waals surface area contributed by atoms with Gasteiger partial charge in [-0.15, -0.1) is 24.0 Å². The first-order valence-electron chi connectivity index (χ1n) is 7.78. The third-order valence-corrected chi connectivity index (χ3v) is 3.80. The highest BCUT2D eigenvalue weighted by Crippen LogP contribution is 2.23. The highest BCUT2D eigenvalue weighted by atomic mass is 127. The summed E-state index contributed by atoms with van der Waals surface area (Å²) in [6.07, 6.45) is 5.46. The van der Waals surface area contributed by atoms with Crippen LogP contribution in [0.15, 0.2) is 4.99 Å². The first-order valence-corrected chi connectivity index (χ1v) is 7.78. The van der Waals surface area contributed by atoms with E-state index in [0.29, 0.717) is 19.0 Å². The van der Waals surface area contributed by atoms with Gasteiger partial charge in [-0.3, -0.25) is 9.79 Å². The van der Waals surface area contributed by atoms with Gasteiger partial charge in [-0.2, -0.15) is 0 Å². The Morgan fingerprint density at radius 1 is 1.24 bits per heavy atom. The van der Waals surface area contributed by atoms with Gasteiger partial charge in [0, 0.05) is 33.1 Å². The van der Waals surface area contributed by atoms with Gasteiger partial charge in [-0.1, -0.05) is 6.92 Å². The van der Waals surface area contributed by atoms with Crippen LogP contribution in [0.25, 0.3) is 0 Å².